The van der Waals surface area contributed by atoms with Crippen LogP contribution in [0, 0.1) is 0 Å². The van der Waals surface area contributed by atoms with Gasteiger partial charge in [0.2, 0.25) is 5.89 Å². The molecule has 2 rings (SSSR count). The maximum atomic E-state index is 5.62. The minimum atomic E-state index is 0.554. The predicted octanol–water partition coefficient (Wildman–Crippen LogP) is 1.34. The lowest BCUT2D eigenvalue weighted by Gasteiger charge is -2.33. The van der Waals surface area contributed by atoms with Gasteiger partial charge in [-0.15, -0.1) is 5.10 Å². The summed E-state index contributed by atoms with van der Waals surface area (Å²) in [6, 6.07) is 1.23. The molecule has 0 saturated carbocycles. The smallest absolute Gasteiger partial charge is 0.318 e. The second-order valence-corrected chi connectivity index (χ2v) is 4.27. The molecule has 2 N–H and O–H groups in total. The van der Waals surface area contributed by atoms with Gasteiger partial charge in [-0.25, -0.2) is 0 Å². The summed E-state index contributed by atoms with van der Waals surface area (Å²) >= 11 is 0. The Morgan fingerprint density at radius 2 is 2.31 bits per heavy atom. The molecule has 2 heterocycles. The molecule has 0 aliphatic carbocycles. The Morgan fingerprint density at radius 3 is 3.06 bits per heavy atom. The summed E-state index contributed by atoms with van der Waals surface area (Å²) < 4.78 is 5.62. The molecular formula is C11H20N4O. The predicted molar refractivity (Wildman–Crippen MR) is 62.3 cm³/mol. The molecule has 1 aromatic heterocycles. The number of nitrogens with zero attached hydrogens (tertiary/aromatic N) is 3. The van der Waals surface area contributed by atoms with E-state index in [2.05, 4.69) is 22.0 Å². The van der Waals surface area contributed by atoms with Gasteiger partial charge in [0.1, 0.15) is 0 Å². The van der Waals surface area contributed by atoms with E-state index in [1.165, 1.54) is 19.3 Å². The minimum absolute atomic E-state index is 0.554. The van der Waals surface area contributed by atoms with Crippen LogP contribution in [0.25, 0.3) is 0 Å². The first kappa shape index (κ1) is 11.4. The van der Waals surface area contributed by atoms with Gasteiger partial charge in [-0.3, -0.25) is 0 Å². The van der Waals surface area contributed by atoms with Crippen LogP contribution in [0.3, 0.4) is 0 Å². The Kier molecular flexibility index (Phi) is 3.77. The molecule has 90 valence electrons. The molecule has 1 fully saturated rings. The molecule has 0 radical (unpaired) electrons. The second-order valence-electron chi connectivity index (χ2n) is 4.27. The molecule has 0 amide bonds. The number of nitrogens with two attached hydrogens (primary N) is 1. The Hall–Kier alpha value is -1.10. The third-order valence-electron chi connectivity index (χ3n) is 3.16. The van der Waals surface area contributed by atoms with Crippen LogP contribution in [0.5, 0.6) is 0 Å². The van der Waals surface area contributed by atoms with Gasteiger partial charge in [0.05, 0.1) is 0 Å². The highest BCUT2D eigenvalue weighted by Crippen LogP contribution is 2.25. The van der Waals surface area contributed by atoms with E-state index < -0.39 is 0 Å². The van der Waals surface area contributed by atoms with Crippen molar-refractivity contribution in [3.8, 4) is 0 Å². The molecule has 1 aliphatic heterocycles. The molecule has 1 aliphatic rings. The lowest BCUT2D eigenvalue weighted by molar-refractivity contribution is 0.400. The first-order chi connectivity index (χ1) is 7.85. The zero-order valence-electron chi connectivity index (χ0n) is 9.85. The van der Waals surface area contributed by atoms with E-state index in [1.54, 1.807) is 0 Å². The van der Waals surface area contributed by atoms with Crippen molar-refractivity contribution in [2.24, 2.45) is 5.73 Å². The fraction of sp³-hybridized carbons (Fsp3) is 0.818. The van der Waals surface area contributed by atoms with Gasteiger partial charge in [0.25, 0.3) is 0 Å². The van der Waals surface area contributed by atoms with Crippen molar-refractivity contribution >= 4 is 6.01 Å². The van der Waals surface area contributed by atoms with E-state index in [-0.39, 0.29) is 0 Å². The van der Waals surface area contributed by atoms with Gasteiger partial charge in [0, 0.05) is 25.6 Å². The Bertz CT molecular complexity index is 326. The van der Waals surface area contributed by atoms with Crippen LogP contribution in [-0.4, -0.2) is 29.3 Å². The van der Waals surface area contributed by atoms with Crippen molar-refractivity contribution in [3.63, 3.8) is 0 Å². The fourth-order valence-electron chi connectivity index (χ4n) is 2.26. The number of rotatable bonds is 4. The molecule has 1 saturated heterocycles. The lowest BCUT2D eigenvalue weighted by atomic mass is 10.0. The van der Waals surface area contributed by atoms with Crippen molar-refractivity contribution < 1.29 is 4.42 Å². The molecule has 1 aromatic rings. The molecule has 1 atom stereocenters. The van der Waals surface area contributed by atoms with Gasteiger partial charge in [-0.1, -0.05) is 12.0 Å². The summed E-state index contributed by atoms with van der Waals surface area (Å²) in [7, 11) is 0. The third kappa shape index (κ3) is 2.35. The number of piperidine rings is 1. The Balaban J connectivity index is 2.08. The van der Waals surface area contributed by atoms with E-state index in [4.69, 9.17) is 10.2 Å². The molecule has 0 spiro atoms. The summed E-state index contributed by atoms with van der Waals surface area (Å²) in [6.07, 6.45) is 5.54. The van der Waals surface area contributed by atoms with Crippen LogP contribution in [-0.2, 0) is 6.42 Å². The molecule has 0 bridgehead atoms. The lowest BCUT2D eigenvalue weighted by Crippen LogP contribution is -2.39. The van der Waals surface area contributed by atoms with E-state index in [1.807, 2.05) is 0 Å². The first-order valence-electron chi connectivity index (χ1n) is 6.14. The summed E-state index contributed by atoms with van der Waals surface area (Å²) in [5.41, 5.74) is 5.46. The maximum Gasteiger partial charge on any atom is 0.318 e. The van der Waals surface area contributed by atoms with E-state index in [0.717, 1.165) is 13.0 Å². The van der Waals surface area contributed by atoms with Crippen molar-refractivity contribution in [3.05, 3.63) is 5.89 Å². The van der Waals surface area contributed by atoms with Crippen LogP contribution < -0.4 is 10.6 Å². The Labute approximate surface area is 96.0 Å². The van der Waals surface area contributed by atoms with Gasteiger partial charge in [0.15, 0.2) is 0 Å². The molecule has 5 nitrogen and oxygen atoms in total. The largest absolute Gasteiger partial charge is 0.408 e. The molecule has 5 heteroatoms. The van der Waals surface area contributed by atoms with Gasteiger partial charge < -0.3 is 15.1 Å². The minimum Gasteiger partial charge on any atom is -0.408 e. The highest BCUT2D eigenvalue weighted by atomic mass is 16.4. The number of hydrogen-bond donors (Lipinski definition) is 1. The van der Waals surface area contributed by atoms with Gasteiger partial charge in [-0.05, 0) is 25.7 Å². The summed E-state index contributed by atoms with van der Waals surface area (Å²) in [6.45, 7) is 3.79. The topological polar surface area (TPSA) is 68.2 Å². The average Bonchev–Trinajstić information content (AvgIpc) is 2.78. The monoisotopic (exact) mass is 224 g/mol. The van der Waals surface area contributed by atoms with E-state index in [0.29, 0.717) is 30.9 Å². The Morgan fingerprint density at radius 1 is 1.44 bits per heavy atom. The van der Waals surface area contributed by atoms with Crippen LogP contribution in [0.2, 0.25) is 0 Å². The summed E-state index contributed by atoms with van der Waals surface area (Å²) in [5, 5.41) is 8.12. The number of anilines is 1. The zero-order chi connectivity index (χ0) is 11.4. The van der Waals surface area contributed by atoms with Crippen LogP contribution in [0.1, 0.15) is 38.5 Å². The number of aromatic nitrogens is 2. The summed E-state index contributed by atoms with van der Waals surface area (Å²) in [5.74, 6) is 0.651. The quantitative estimate of drug-likeness (QED) is 0.835. The summed E-state index contributed by atoms with van der Waals surface area (Å²) in [4.78, 5) is 2.25. The van der Waals surface area contributed by atoms with Crippen molar-refractivity contribution in [1.82, 2.24) is 10.2 Å². The molecule has 16 heavy (non-hydrogen) atoms. The van der Waals surface area contributed by atoms with Crippen LogP contribution in [0.15, 0.2) is 4.42 Å². The second kappa shape index (κ2) is 5.30. The van der Waals surface area contributed by atoms with E-state index >= 15 is 0 Å². The van der Waals surface area contributed by atoms with Crippen molar-refractivity contribution in [2.45, 2.75) is 45.1 Å². The van der Waals surface area contributed by atoms with Crippen molar-refractivity contribution in [2.75, 3.05) is 18.0 Å². The average molecular weight is 224 g/mol. The standard InChI is InChI=1S/C11H20N4O/c1-2-9-5-3-4-8-15(9)11-14-13-10(16-11)6-7-12/h9H,2-8,12H2,1H3. The van der Waals surface area contributed by atoms with E-state index in [9.17, 15) is 0 Å². The highest BCUT2D eigenvalue weighted by Gasteiger charge is 2.25. The maximum absolute atomic E-state index is 5.62. The molecule has 0 aromatic carbocycles. The van der Waals surface area contributed by atoms with Gasteiger partial charge >= 0.3 is 6.01 Å². The van der Waals surface area contributed by atoms with Crippen LogP contribution in [0.4, 0.5) is 6.01 Å². The van der Waals surface area contributed by atoms with Crippen molar-refractivity contribution in [1.29, 1.82) is 0 Å². The molecular weight excluding hydrogens is 204 g/mol. The first-order valence-corrected chi connectivity index (χ1v) is 6.14. The third-order valence-corrected chi connectivity index (χ3v) is 3.16. The fourth-order valence-corrected chi connectivity index (χ4v) is 2.26. The zero-order valence-corrected chi connectivity index (χ0v) is 9.85. The molecule has 1 unspecified atom stereocenters. The van der Waals surface area contributed by atoms with Crippen LogP contribution >= 0.6 is 0 Å². The normalized spacial score (nSPS) is 21.4. The number of hydrogen-bond acceptors (Lipinski definition) is 5. The van der Waals surface area contributed by atoms with Gasteiger partial charge in [-0.2, -0.15) is 0 Å². The highest BCUT2D eigenvalue weighted by molar-refractivity contribution is 5.27. The SMILES string of the molecule is CCC1CCCCN1c1nnc(CCN)o1.